The third-order valence-corrected chi connectivity index (χ3v) is 7.01. The normalized spacial score (nSPS) is 20.4. The Kier molecular flexibility index (Phi) is 5.60. The van der Waals surface area contributed by atoms with Crippen molar-refractivity contribution in [3.05, 3.63) is 59.7 Å². The van der Waals surface area contributed by atoms with Crippen LogP contribution in [0.3, 0.4) is 0 Å². The molecular weight excluding hydrogens is 362 g/mol. The predicted molar refractivity (Wildman–Crippen MR) is 106 cm³/mol. The van der Waals surface area contributed by atoms with Crippen LogP contribution in [0.4, 0.5) is 0 Å². The molecule has 1 aliphatic heterocycles. The van der Waals surface area contributed by atoms with Crippen LogP contribution in [0.1, 0.15) is 25.0 Å². The summed E-state index contributed by atoms with van der Waals surface area (Å²) in [6.07, 6.45) is 0.486. The van der Waals surface area contributed by atoms with E-state index in [0.717, 1.165) is 11.1 Å². The summed E-state index contributed by atoms with van der Waals surface area (Å²) in [5.41, 5.74) is 1.37. The average molecular weight is 390 g/mol. The van der Waals surface area contributed by atoms with Gasteiger partial charge < -0.3 is 9.47 Å². The van der Waals surface area contributed by atoms with E-state index < -0.39 is 15.6 Å². The largest absolute Gasteiger partial charge is 0.495 e. The highest BCUT2D eigenvalue weighted by atomic mass is 32.2. The van der Waals surface area contributed by atoms with Crippen LogP contribution in [0.2, 0.25) is 0 Å². The van der Waals surface area contributed by atoms with E-state index in [2.05, 4.69) is 0 Å². The quantitative estimate of drug-likeness (QED) is 0.786. The Morgan fingerprint density at radius 2 is 1.89 bits per heavy atom. The molecule has 6 heteroatoms. The van der Waals surface area contributed by atoms with Crippen molar-refractivity contribution in [2.45, 2.75) is 43.7 Å². The molecule has 0 amide bonds. The second kappa shape index (κ2) is 7.62. The van der Waals surface area contributed by atoms with Gasteiger partial charge in [-0.25, -0.2) is 8.42 Å². The summed E-state index contributed by atoms with van der Waals surface area (Å²) in [7, 11) is -2.24. The highest BCUT2D eigenvalue weighted by Gasteiger charge is 2.43. The molecule has 1 atom stereocenters. The minimum absolute atomic E-state index is 0.189. The van der Waals surface area contributed by atoms with E-state index in [1.807, 2.05) is 57.2 Å². The molecule has 1 saturated heterocycles. The molecule has 1 unspecified atom stereocenters. The maximum atomic E-state index is 13.5. The van der Waals surface area contributed by atoms with Crippen molar-refractivity contribution in [1.29, 1.82) is 0 Å². The lowest BCUT2D eigenvalue weighted by molar-refractivity contribution is -0.0629. The van der Waals surface area contributed by atoms with Gasteiger partial charge in [-0.2, -0.15) is 4.31 Å². The fourth-order valence-electron chi connectivity index (χ4n) is 3.41. The van der Waals surface area contributed by atoms with Gasteiger partial charge in [-0.1, -0.05) is 36.4 Å². The number of benzene rings is 2. The molecule has 0 aromatic heterocycles. The zero-order valence-electron chi connectivity index (χ0n) is 16.3. The van der Waals surface area contributed by atoms with Gasteiger partial charge in [0, 0.05) is 6.54 Å². The first-order valence-corrected chi connectivity index (χ1v) is 10.5. The molecule has 0 saturated carbocycles. The molecular formula is C21H27NO4S. The van der Waals surface area contributed by atoms with Gasteiger partial charge >= 0.3 is 0 Å². The fraction of sp³-hybridized carbons (Fsp3) is 0.429. The van der Waals surface area contributed by atoms with Crippen LogP contribution in [-0.2, 0) is 21.2 Å². The van der Waals surface area contributed by atoms with Gasteiger partial charge in [-0.3, -0.25) is 0 Å². The zero-order valence-corrected chi connectivity index (χ0v) is 17.1. The summed E-state index contributed by atoms with van der Waals surface area (Å²) in [5.74, 6) is 0.363. The Morgan fingerprint density at radius 1 is 1.19 bits per heavy atom. The van der Waals surface area contributed by atoms with Crippen molar-refractivity contribution in [2.75, 3.05) is 20.3 Å². The van der Waals surface area contributed by atoms with Crippen LogP contribution in [-0.4, -0.2) is 44.6 Å². The van der Waals surface area contributed by atoms with E-state index in [4.69, 9.17) is 9.47 Å². The van der Waals surface area contributed by atoms with Crippen molar-refractivity contribution >= 4 is 10.0 Å². The first-order chi connectivity index (χ1) is 12.7. The Labute approximate surface area is 162 Å². The minimum Gasteiger partial charge on any atom is -0.495 e. The minimum atomic E-state index is -3.73. The van der Waals surface area contributed by atoms with Crippen molar-refractivity contribution in [3.63, 3.8) is 0 Å². The van der Waals surface area contributed by atoms with E-state index in [9.17, 15) is 8.42 Å². The lowest BCUT2D eigenvalue weighted by Gasteiger charge is -2.44. The molecule has 1 aliphatic rings. The summed E-state index contributed by atoms with van der Waals surface area (Å²) in [6.45, 7) is 6.32. The molecule has 1 heterocycles. The van der Waals surface area contributed by atoms with Crippen molar-refractivity contribution in [2.24, 2.45) is 0 Å². The number of sulfonamides is 1. The lowest BCUT2D eigenvalue weighted by atomic mass is 10.0. The van der Waals surface area contributed by atoms with E-state index in [-0.39, 0.29) is 11.0 Å². The van der Waals surface area contributed by atoms with E-state index in [1.54, 1.807) is 16.4 Å². The zero-order chi connectivity index (χ0) is 19.7. The first-order valence-electron chi connectivity index (χ1n) is 9.07. The molecule has 3 rings (SSSR count). The van der Waals surface area contributed by atoms with Crippen LogP contribution in [0.5, 0.6) is 5.75 Å². The maximum Gasteiger partial charge on any atom is 0.247 e. The van der Waals surface area contributed by atoms with Crippen molar-refractivity contribution in [1.82, 2.24) is 4.31 Å². The number of morpholine rings is 1. The van der Waals surface area contributed by atoms with Crippen molar-refractivity contribution < 1.29 is 17.9 Å². The number of nitrogens with zero attached hydrogens (tertiary/aromatic N) is 1. The number of ether oxygens (including phenoxy) is 2. The van der Waals surface area contributed by atoms with Crippen LogP contribution in [0.25, 0.3) is 0 Å². The molecule has 0 bridgehead atoms. The van der Waals surface area contributed by atoms with Crippen LogP contribution in [0.15, 0.2) is 53.4 Å². The van der Waals surface area contributed by atoms with Gasteiger partial charge in [0.05, 0.1) is 25.4 Å². The van der Waals surface area contributed by atoms with Crippen molar-refractivity contribution in [3.8, 4) is 5.75 Å². The Balaban J connectivity index is 1.93. The fourth-order valence-corrected chi connectivity index (χ4v) is 5.45. The highest BCUT2D eigenvalue weighted by molar-refractivity contribution is 7.89. The molecule has 1 fully saturated rings. The standard InChI is InChI=1S/C21H27NO4S/c1-16-10-11-19(25-4)20(12-16)27(23,24)22-14-18(26-15-21(22,2)3)13-17-8-6-5-7-9-17/h5-12,18H,13-15H2,1-4H3. The smallest absolute Gasteiger partial charge is 0.247 e. The van der Waals surface area contributed by atoms with E-state index >= 15 is 0 Å². The molecule has 0 radical (unpaired) electrons. The average Bonchev–Trinajstić information content (AvgIpc) is 2.64. The maximum absolute atomic E-state index is 13.5. The molecule has 0 spiro atoms. The number of hydrogen-bond donors (Lipinski definition) is 0. The number of aryl methyl sites for hydroxylation is 1. The van der Waals surface area contributed by atoms with Gasteiger partial charge in [0.2, 0.25) is 10.0 Å². The second-order valence-corrected chi connectivity index (χ2v) is 9.46. The third kappa shape index (κ3) is 4.18. The molecule has 5 nitrogen and oxygen atoms in total. The molecule has 27 heavy (non-hydrogen) atoms. The molecule has 0 aliphatic carbocycles. The lowest BCUT2D eigenvalue weighted by Crippen LogP contribution is -2.58. The first kappa shape index (κ1) is 19.9. The summed E-state index contributed by atoms with van der Waals surface area (Å²) in [6, 6.07) is 15.2. The van der Waals surface area contributed by atoms with E-state index in [1.165, 1.54) is 7.11 Å². The second-order valence-electron chi connectivity index (χ2n) is 7.63. The van der Waals surface area contributed by atoms with Crippen LogP contribution in [0, 0.1) is 6.92 Å². The summed E-state index contributed by atoms with van der Waals surface area (Å²) in [5, 5.41) is 0. The monoisotopic (exact) mass is 389 g/mol. The van der Waals surface area contributed by atoms with E-state index in [0.29, 0.717) is 25.3 Å². The SMILES string of the molecule is COc1ccc(C)cc1S(=O)(=O)N1CC(Cc2ccccc2)OCC1(C)C. The van der Waals surface area contributed by atoms with Crippen LogP contribution < -0.4 is 4.74 Å². The van der Waals surface area contributed by atoms with Gasteiger partial charge in [-0.15, -0.1) is 0 Å². The Hall–Kier alpha value is -1.89. The van der Waals surface area contributed by atoms with Gasteiger partial charge in [0.15, 0.2) is 0 Å². The Morgan fingerprint density at radius 3 is 2.56 bits per heavy atom. The topological polar surface area (TPSA) is 55.8 Å². The number of hydrogen-bond acceptors (Lipinski definition) is 4. The van der Waals surface area contributed by atoms with Gasteiger partial charge in [-0.05, 0) is 50.5 Å². The highest BCUT2D eigenvalue weighted by Crippen LogP contribution is 2.34. The molecule has 146 valence electrons. The third-order valence-electron chi connectivity index (χ3n) is 4.91. The number of rotatable bonds is 5. The predicted octanol–water partition coefficient (Wildman–Crippen LogP) is 3.41. The summed E-state index contributed by atoms with van der Waals surface area (Å²) in [4.78, 5) is 0.207. The summed E-state index contributed by atoms with van der Waals surface area (Å²) >= 11 is 0. The van der Waals surface area contributed by atoms with Crippen LogP contribution >= 0.6 is 0 Å². The molecule has 2 aromatic carbocycles. The van der Waals surface area contributed by atoms with Gasteiger partial charge in [0.1, 0.15) is 10.6 Å². The molecule has 0 N–H and O–H groups in total. The summed E-state index contributed by atoms with van der Waals surface area (Å²) < 4.78 is 39.9. The molecule has 2 aromatic rings. The van der Waals surface area contributed by atoms with Gasteiger partial charge in [0.25, 0.3) is 0 Å². The Bertz CT molecular complexity index is 894. The number of methoxy groups -OCH3 is 1.